The number of nitrogens with one attached hydrogen (secondary N) is 1. The lowest BCUT2D eigenvalue weighted by molar-refractivity contribution is -0.116. The van der Waals surface area contributed by atoms with Gasteiger partial charge in [-0.1, -0.05) is 29.8 Å². The first kappa shape index (κ1) is 16.7. The SMILES string of the molecule is COc1cccc([C@H]2CC(=O)Nc3c2cnn3-c2cccc(Cl)c2C)c1. The van der Waals surface area contributed by atoms with Gasteiger partial charge in [-0.05, 0) is 42.3 Å². The summed E-state index contributed by atoms with van der Waals surface area (Å²) in [6.07, 6.45) is 2.19. The van der Waals surface area contributed by atoms with Crippen molar-refractivity contribution in [1.29, 1.82) is 0 Å². The Bertz CT molecular complexity index is 996. The molecule has 4 rings (SSSR count). The van der Waals surface area contributed by atoms with Crippen molar-refractivity contribution in [2.75, 3.05) is 12.4 Å². The maximum Gasteiger partial charge on any atom is 0.226 e. The van der Waals surface area contributed by atoms with Gasteiger partial charge >= 0.3 is 0 Å². The molecule has 0 saturated carbocycles. The number of hydrogen-bond donors (Lipinski definition) is 1. The molecule has 3 aromatic rings. The molecule has 1 aliphatic rings. The molecule has 0 aliphatic carbocycles. The third-order valence-electron chi connectivity index (χ3n) is 4.78. The van der Waals surface area contributed by atoms with E-state index in [1.807, 2.05) is 55.6 Å². The summed E-state index contributed by atoms with van der Waals surface area (Å²) >= 11 is 6.26. The Balaban J connectivity index is 1.84. The van der Waals surface area contributed by atoms with Crippen molar-refractivity contribution in [2.24, 2.45) is 0 Å². The largest absolute Gasteiger partial charge is 0.497 e. The van der Waals surface area contributed by atoms with Crippen LogP contribution in [-0.4, -0.2) is 22.8 Å². The zero-order valence-corrected chi connectivity index (χ0v) is 15.2. The van der Waals surface area contributed by atoms with Gasteiger partial charge in [-0.2, -0.15) is 5.10 Å². The topological polar surface area (TPSA) is 56.1 Å². The van der Waals surface area contributed by atoms with Gasteiger partial charge in [0.2, 0.25) is 5.91 Å². The van der Waals surface area contributed by atoms with Gasteiger partial charge in [0.05, 0.1) is 19.0 Å². The van der Waals surface area contributed by atoms with E-state index >= 15 is 0 Å². The van der Waals surface area contributed by atoms with Crippen LogP contribution in [0.4, 0.5) is 5.82 Å². The third-order valence-corrected chi connectivity index (χ3v) is 5.19. The lowest BCUT2D eigenvalue weighted by Crippen LogP contribution is -2.24. The molecule has 0 fully saturated rings. The number of amides is 1. The Hall–Kier alpha value is -2.79. The second-order valence-corrected chi connectivity index (χ2v) is 6.73. The molecule has 2 heterocycles. The average Bonchev–Trinajstić information content (AvgIpc) is 3.07. The molecule has 132 valence electrons. The number of nitrogens with zero attached hydrogens (tertiary/aromatic N) is 2. The number of hydrogen-bond acceptors (Lipinski definition) is 3. The van der Waals surface area contributed by atoms with Crippen LogP contribution in [0.2, 0.25) is 5.02 Å². The Morgan fingerprint density at radius 1 is 1.27 bits per heavy atom. The summed E-state index contributed by atoms with van der Waals surface area (Å²) in [5.41, 5.74) is 3.78. The highest BCUT2D eigenvalue weighted by molar-refractivity contribution is 6.31. The number of methoxy groups -OCH3 is 1. The van der Waals surface area contributed by atoms with Gasteiger partial charge in [-0.15, -0.1) is 0 Å². The number of anilines is 1. The van der Waals surface area contributed by atoms with E-state index in [1.54, 1.807) is 11.8 Å². The summed E-state index contributed by atoms with van der Waals surface area (Å²) < 4.78 is 7.08. The molecular weight excluding hydrogens is 350 g/mol. The molecule has 0 unspecified atom stereocenters. The van der Waals surface area contributed by atoms with E-state index in [0.29, 0.717) is 17.3 Å². The number of ether oxygens (including phenoxy) is 1. The van der Waals surface area contributed by atoms with Crippen LogP contribution in [0.3, 0.4) is 0 Å². The average molecular weight is 368 g/mol. The molecule has 1 amide bonds. The number of fused-ring (bicyclic) bond motifs is 1. The van der Waals surface area contributed by atoms with E-state index < -0.39 is 0 Å². The van der Waals surface area contributed by atoms with Crippen molar-refractivity contribution >= 4 is 23.3 Å². The molecule has 0 spiro atoms. The van der Waals surface area contributed by atoms with Crippen molar-refractivity contribution in [3.05, 3.63) is 70.4 Å². The van der Waals surface area contributed by atoms with Crippen LogP contribution in [-0.2, 0) is 4.79 Å². The standard InChI is InChI=1S/C20H18ClN3O2/c1-12-17(21)7-4-8-18(12)24-20-16(11-22-24)15(10-19(25)23-20)13-5-3-6-14(9-13)26-2/h3-9,11,15H,10H2,1-2H3,(H,23,25)/t15-/m1/s1. The fourth-order valence-electron chi connectivity index (χ4n) is 3.38. The molecule has 5 nitrogen and oxygen atoms in total. The van der Waals surface area contributed by atoms with E-state index in [2.05, 4.69) is 10.4 Å². The normalized spacial score (nSPS) is 16.1. The molecule has 6 heteroatoms. The third kappa shape index (κ3) is 2.74. The first-order chi connectivity index (χ1) is 12.6. The predicted octanol–water partition coefficient (Wildman–Crippen LogP) is 4.32. The molecule has 26 heavy (non-hydrogen) atoms. The van der Waals surface area contributed by atoms with E-state index in [4.69, 9.17) is 16.3 Å². The van der Waals surface area contributed by atoms with Crippen LogP contribution in [0.5, 0.6) is 5.75 Å². The first-order valence-electron chi connectivity index (χ1n) is 8.35. The molecule has 0 bridgehead atoms. The highest BCUT2D eigenvalue weighted by Gasteiger charge is 2.30. The van der Waals surface area contributed by atoms with Crippen LogP contribution in [0.25, 0.3) is 5.69 Å². The lowest BCUT2D eigenvalue weighted by atomic mass is 9.87. The Kier molecular flexibility index (Phi) is 4.17. The molecule has 1 atom stereocenters. The quantitative estimate of drug-likeness (QED) is 0.750. The fourth-order valence-corrected chi connectivity index (χ4v) is 3.55. The summed E-state index contributed by atoms with van der Waals surface area (Å²) in [5.74, 6) is 1.36. The van der Waals surface area contributed by atoms with Crippen molar-refractivity contribution in [1.82, 2.24) is 9.78 Å². The summed E-state index contributed by atoms with van der Waals surface area (Å²) in [6.45, 7) is 1.94. The maximum atomic E-state index is 12.4. The van der Waals surface area contributed by atoms with Gasteiger partial charge < -0.3 is 10.1 Å². The second-order valence-electron chi connectivity index (χ2n) is 6.33. The van der Waals surface area contributed by atoms with Gasteiger partial charge in [0.25, 0.3) is 0 Å². The van der Waals surface area contributed by atoms with Crippen LogP contribution in [0.1, 0.15) is 29.0 Å². The minimum atomic E-state index is -0.0675. The summed E-state index contributed by atoms with van der Waals surface area (Å²) in [7, 11) is 1.64. The van der Waals surface area contributed by atoms with Crippen LogP contribution >= 0.6 is 11.6 Å². The minimum Gasteiger partial charge on any atom is -0.497 e. The molecule has 1 N–H and O–H groups in total. The van der Waals surface area contributed by atoms with Gasteiger partial charge in [-0.3, -0.25) is 4.79 Å². The molecule has 0 radical (unpaired) electrons. The Morgan fingerprint density at radius 3 is 2.88 bits per heavy atom. The number of rotatable bonds is 3. The minimum absolute atomic E-state index is 0.0354. The molecule has 1 aliphatic heterocycles. The summed E-state index contributed by atoms with van der Waals surface area (Å²) in [4.78, 5) is 12.4. The fraction of sp³-hybridized carbons (Fsp3) is 0.200. The van der Waals surface area contributed by atoms with E-state index in [0.717, 1.165) is 28.1 Å². The smallest absolute Gasteiger partial charge is 0.226 e. The zero-order chi connectivity index (χ0) is 18.3. The maximum absolute atomic E-state index is 12.4. The predicted molar refractivity (Wildman–Crippen MR) is 101 cm³/mol. The summed E-state index contributed by atoms with van der Waals surface area (Å²) in [6, 6.07) is 13.5. The molecule has 2 aromatic carbocycles. The second kappa shape index (κ2) is 6.50. The summed E-state index contributed by atoms with van der Waals surface area (Å²) in [5, 5.41) is 8.17. The van der Waals surface area contributed by atoms with Crippen molar-refractivity contribution in [2.45, 2.75) is 19.3 Å². The van der Waals surface area contributed by atoms with E-state index in [1.165, 1.54) is 0 Å². The van der Waals surface area contributed by atoms with Crippen LogP contribution < -0.4 is 10.1 Å². The molecular formula is C20H18ClN3O2. The van der Waals surface area contributed by atoms with E-state index in [-0.39, 0.29) is 11.8 Å². The Labute approximate surface area is 156 Å². The Morgan fingerprint density at radius 2 is 2.08 bits per heavy atom. The molecule has 0 saturated heterocycles. The van der Waals surface area contributed by atoms with Gasteiger partial charge in [0, 0.05) is 22.9 Å². The van der Waals surface area contributed by atoms with Gasteiger partial charge in [-0.25, -0.2) is 4.68 Å². The first-order valence-corrected chi connectivity index (χ1v) is 8.73. The monoisotopic (exact) mass is 367 g/mol. The number of halogens is 1. The van der Waals surface area contributed by atoms with Crippen LogP contribution in [0.15, 0.2) is 48.7 Å². The number of carbonyl (C=O) groups excluding carboxylic acids is 1. The van der Waals surface area contributed by atoms with Crippen molar-refractivity contribution < 1.29 is 9.53 Å². The van der Waals surface area contributed by atoms with Gasteiger partial charge in [0.1, 0.15) is 11.6 Å². The van der Waals surface area contributed by atoms with Crippen LogP contribution in [0, 0.1) is 6.92 Å². The van der Waals surface area contributed by atoms with E-state index in [9.17, 15) is 4.79 Å². The highest BCUT2D eigenvalue weighted by atomic mass is 35.5. The number of benzene rings is 2. The number of aromatic nitrogens is 2. The molecule has 1 aromatic heterocycles. The van der Waals surface area contributed by atoms with Gasteiger partial charge in [0.15, 0.2) is 0 Å². The highest BCUT2D eigenvalue weighted by Crippen LogP contribution is 2.39. The lowest BCUT2D eigenvalue weighted by Gasteiger charge is -2.24. The van der Waals surface area contributed by atoms with Crippen molar-refractivity contribution in [3.63, 3.8) is 0 Å². The van der Waals surface area contributed by atoms with Crippen molar-refractivity contribution in [3.8, 4) is 11.4 Å². The number of carbonyl (C=O) groups is 1. The zero-order valence-electron chi connectivity index (χ0n) is 14.5.